The van der Waals surface area contributed by atoms with Crippen molar-refractivity contribution in [3.63, 3.8) is 0 Å². The van der Waals surface area contributed by atoms with Crippen molar-refractivity contribution in [1.82, 2.24) is 5.43 Å². The number of carbonyl (C=O) groups excluding carboxylic acids is 1. The van der Waals surface area contributed by atoms with Gasteiger partial charge in [-0.3, -0.25) is 10.2 Å². The number of hydrogen-bond donors (Lipinski definition) is 2. The number of methoxy groups -OCH3 is 1. The van der Waals surface area contributed by atoms with Gasteiger partial charge in [-0.25, -0.2) is 5.84 Å². The lowest BCUT2D eigenvalue weighted by molar-refractivity contribution is -0.122. The fourth-order valence-corrected chi connectivity index (χ4v) is 2.57. The van der Waals surface area contributed by atoms with Crippen LogP contribution in [0.4, 0.5) is 0 Å². The Morgan fingerprint density at radius 2 is 2.11 bits per heavy atom. The van der Waals surface area contributed by atoms with Crippen LogP contribution in [-0.4, -0.2) is 25.4 Å². The largest absolute Gasteiger partial charge is 0.385 e. The Labute approximate surface area is 119 Å². The van der Waals surface area contributed by atoms with E-state index in [4.69, 9.17) is 10.6 Å². The van der Waals surface area contributed by atoms with Gasteiger partial charge >= 0.3 is 0 Å². The number of nitrogens with one attached hydrogen (secondary N) is 1. The second kappa shape index (κ2) is 8.96. The molecule has 1 aromatic carbocycles. The molecule has 1 unspecified atom stereocenters. The van der Waals surface area contributed by atoms with E-state index in [1.807, 2.05) is 30.8 Å². The van der Waals surface area contributed by atoms with Crippen LogP contribution in [0.3, 0.4) is 0 Å². The maximum Gasteiger partial charge on any atom is 0.241 e. The highest BCUT2D eigenvalue weighted by atomic mass is 32.2. The number of hydrazine groups is 1. The molecule has 0 aliphatic rings. The summed E-state index contributed by atoms with van der Waals surface area (Å²) in [5.41, 5.74) is 4.43. The van der Waals surface area contributed by atoms with E-state index in [-0.39, 0.29) is 11.8 Å². The average molecular weight is 282 g/mol. The fourth-order valence-electron chi connectivity index (χ4n) is 1.67. The smallest absolute Gasteiger partial charge is 0.241 e. The summed E-state index contributed by atoms with van der Waals surface area (Å²) in [6, 6.07) is 8.12. The monoisotopic (exact) mass is 282 g/mol. The molecule has 3 N–H and O–H groups in total. The first-order chi connectivity index (χ1) is 9.19. The van der Waals surface area contributed by atoms with E-state index in [1.54, 1.807) is 7.11 Å². The van der Waals surface area contributed by atoms with Gasteiger partial charge in [0, 0.05) is 19.5 Å². The standard InChI is InChI=1S/C14H22N2O2S/c1-11(14(17)16-15)13-6-4-12(5-7-13)10-19-9-3-8-18-2/h4-7,11H,3,8-10,15H2,1-2H3,(H,16,17). The summed E-state index contributed by atoms with van der Waals surface area (Å²) in [6.07, 6.45) is 1.08. The van der Waals surface area contributed by atoms with Crippen molar-refractivity contribution in [3.05, 3.63) is 35.4 Å². The van der Waals surface area contributed by atoms with Crippen LogP contribution in [0.1, 0.15) is 30.4 Å². The summed E-state index contributed by atoms with van der Waals surface area (Å²) in [5, 5.41) is 0. The van der Waals surface area contributed by atoms with Crippen molar-refractivity contribution >= 4 is 17.7 Å². The van der Waals surface area contributed by atoms with Gasteiger partial charge < -0.3 is 4.74 Å². The molecule has 0 saturated carbocycles. The third kappa shape index (κ3) is 5.63. The first-order valence-electron chi connectivity index (χ1n) is 6.35. The Morgan fingerprint density at radius 1 is 1.42 bits per heavy atom. The molecule has 0 fully saturated rings. The quantitative estimate of drug-likeness (QED) is 0.331. The lowest BCUT2D eigenvalue weighted by Gasteiger charge is -2.10. The SMILES string of the molecule is COCCCSCc1ccc(C(C)C(=O)NN)cc1. The number of nitrogens with two attached hydrogens (primary N) is 1. The van der Waals surface area contributed by atoms with E-state index in [0.29, 0.717) is 0 Å². The molecule has 0 bridgehead atoms. The molecule has 0 radical (unpaired) electrons. The molecular weight excluding hydrogens is 260 g/mol. The van der Waals surface area contributed by atoms with E-state index in [9.17, 15) is 4.79 Å². The van der Waals surface area contributed by atoms with E-state index < -0.39 is 0 Å². The van der Waals surface area contributed by atoms with Crippen molar-refractivity contribution in [3.8, 4) is 0 Å². The second-order valence-electron chi connectivity index (χ2n) is 4.37. The first kappa shape index (κ1) is 16.0. The number of ether oxygens (including phenoxy) is 1. The van der Waals surface area contributed by atoms with Crippen molar-refractivity contribution in [2.75, 3.05) is 19.5 Å². The molecule has 0 aliphatic carbocycles. The Kier molecular flexibility index (Phi) is 7.55. The Hall–Kier alpha value is -1.04. The van der Waals surface area contributed by atoms with Crippen LogP contribution < -0.4 is 11.3 Å². The van der Waals surface area contributed by atoms with Gasteiger partial charge in [-0.15, -0.1) is 0 Å². The predicted octanol–water partition coefficient (Wildman–Crippen LogP) is 2.05. The van der Waals surface area contributed by atoms with E-state index >= 15 is 0 Å². The number of rotatable bonds is 8. The molecule has 0 heterocycles. The third-order valence-electron chi connectivity index (χ3n) is 2.92. The number of hydrogen-bond acceptors (Lipinski definition) is 4. The summed E-state index contributed by atoms with van der Waals surface area (Å²) in [6.45, 7) is 2.66. The molecule has 1 aromatic rings. The van der Waals surface area contributed by atoms with Gasteiger partial charge in [0.05, 0.1) is 5.92 Å². The predicted molar refractivity (Wildman–Crippen MR) is 79.8 cm³/mol. The Balaban J connectivity index is 2.41. The second-order valence-corrected chi connectivity index (χ2v) is 5.48. The topological polar surface area (TPSA) is 64.3 Å². The van der Waals surface area contributed by atoms with Crippen LogP contribution in [0.5, 0.6) is 0 Å². The maximum absolute atomic E-state index is 11.4. The molecule has 4 nitrogen and oxygen atoms in total. The van der Waals surface area contributed by atoms with E-state index in [0.717, 1.165) is 30.1 Å². The van der Waals surface area contributed by atoms with Crippen LogP contribution in [0.2, 0.25) is 0 Å². The lowest BCUT2D eigenvalue weighted by Crippen LogP contribution is -2.33. The van der Waals surface area contributed by atoms with Crippen LogP contribution >= 0.6 is 11.8 Å². The zero-order valence-electron chi connectivity index (χ0n) is 11.5. The zero-order valence-corrected chi connectivity index (χ0v) is 12.3. The Bertz CT molecular complexity index is 382. The summed E-state index contributed by atoms with van der Waals surface area (Å²) in [5.74, 6) is 6.84. The molecule has 1 rings (SSSR count). The van der Waals surface area contributed by atoms with Gasteiger partial charge in [0.1, 0.15) is 0 Å². The number of carbonyl (C=O) groups is 1. The zero-order chi connectivity index (χ0) is 14.1. The van der Waals surface area contributed by atoms with Gasteiger partial charge in [-0.05, 0) is 30.2 Å². The van der Waals surface area contributed by atoms with Gasteiger partial charge in [0.25, 0.3) is 0 Å². The summed E-state index contributed by atoms with van der Waals surface area (Å²) >= 11 is 1.89. The highest BCUT2D eigenvalue weighted by molar-refractivity contribution is 7.98. The maximum atomic E-state index is 11.4. The van der Waals surface area contributed by atoms with Gasteiger partial charge in [0.15, 0.2) is 0 Å². The number of benzene rings is 1. The lowest BCUT2D eigenvalue weighted by atomic mass is 10.00. The summed E-state index contributed by atoms with van der Waals surface area (Å²) in [4.78, 5) is 11.4. The van der Waals surface area contributed by atoms with Crippen molar-refractivity contribution in [2.45, 2.75) is 25.0 Å². The molecule has 1 atom stereocenters. The molecular formula is C14H22N2O2S. The molecule has 1 amide bonds. The normalized spacial score (nSPS) is 12.2. The van der Waals surface area contributed by atoms with Gasteiger partial charge in [0.2, 0.25) is 5.91 Å². The van der Waals surface area contributed by atoms with Crippen LogP contribution in [0.15, 0.2) is 24.3 Å². The minimum Gasteiger partial charge on any atom is -0.385 e. The number of amides is 1. The van der Waals surface area contributed by atoms with Crippen LogP contribution in [0, 0.1) is 0 Å². The van der Waals surface area contributed by atoms with Crippen molar-refractivity contribution in [2.24, 2.45) is 5.84 Å². The molecule has 19 heavy (non-hydrogen) atoms. The van der Waals surface area contributed by atoms with Gasteiger partial charge in [-0.2, -0.15) is 11.8 Å². The fraction of sp³-hybridized carbons (Fsp3) is 0.500. The summed E-state index contributed by atoms with van der Waals surface area (Å²) in [7, 11) is 1.72. The average Bonchev–Trinajstić information content (AvgIpc) is 2.46. The number of thioether (sulfide) groups is 1. The van der Waals surface area contributed by atoms with Crippen molar-refractivity contribution in [1.29, 1.82) is 0 Å². The summed E-state index contributed by atoms with van der Waals surface area (Å²) < 4.78 is 5.01. The Morgan fingerprint density at radius 3 is 2.68 bits per heavy atom. The molecule has 0 aliphatic heterocycles. The molecule has 5 heteroatoms. The van der Waals surface area contributed by atoms with Gasteiger partial charge in [-0.1, -0.05) is 24.3 Å². The molecule has 106 valence electrons. The highest BCUT2D eigenvalue weighted by Gasteiger charge is 2.13. The molecule has 0 aromatic heterocycles. The minimum absolute atomic E-state index is 0.165. The van der Waals surface area contributed by atoms with Crippen LogP contribution in [-0.2, 0) is 15.3 Å². The highest BCUT2D eigenvalue weighted by Crippen LogP contribution is 2.18. The third-order valence-corrected chi connectivity index (χ3v) is 4.04. The first-order valence-corrected chi connectivity index (χ1v) is 7.50. The van der Waals surface area contributed by atoms with Crippen molar-refractivity contribution < 1.29 is 9.53 Å². The molecule has 0 saturated heterocycles. The van der Waals surface area contributed by atoms with E-state index in [1.165, 1.54) is 5.56 Å². The minimum atomic E-state index is -0.214. The van der Waals surface area contributed by atoms with Crippen LogP contribution in [0.25, 0.3) is 0 Å². The van der Waals surface area contributed by atoms with E-state index in [2.05, 4.69) is 17.6 Å². The molecule has 0 spiro atoms.